The molecule has 1 atom stereocenters. The van der Waals surface area contributed by atoms with Gasteiger partial charge in [0.2, 0.25) is 0 Å². The lowest BCUT2D eigenvalue weighted by Crippen LogP contribution is -1.93. The Kier molecular flexibility index (Phi) is 2.54. The summed E-state index contributed by atoms with van der Waals surface area (Å²) in [6.07, 6.45) is -0.529. The van der Waals surface area contributed by atoms with E-state index < -0.39 is 6.10 Å². The first kappa shape index (κ1) is 9.00. The van der Waals surface area contributed by atoms with Crippen LogP contribution in [0.5, 0.6) is 0 Å². The standard InChI is InChI=1S/C10H9ClOS/c11-6-8(12)10-5-7-3-1-2-4-9(7)13-10/h1-5,8,12H,6H2/t8-/m1/s1. The number of hydrogen-bond donors (Lipinski definition) is 1. The molecule has 1 aromatic carbocycles. The predicted molar refractivity (Wildman–Crippen MR) is 57.5 cm³/mol. The lowest BCUT2D eigenvalue weighted by atomic mass is 10.2. The molecule has 0 bridgehead atoms. The Hall–Kier alpha value is -0.570. The minimum absolute atomic E-state index is 0.257. The first-order valence-corrected chi connectivity index (χ1v) is 5.39. The van der Waals surface area contributed by atoms with Crippen LogP contribution in [0.25, 0.3) is 10.1 Å². The number of hydrogen-bond acceptors (Lipinski definition) is 2. The number of thiophene rings is 1. The summed E-state index contributed by atoms with van der Waals surface area (Å²) in [5, 5.41) is 10.7. The number of aliphatic hydroxyl groups excluding tert-OH is 1. The third kappa shape index (κ3) is 1.70. The molecule has 1 nitrogen and oxygen atoms in total. The normalized spacial score (nSPS) is 13.4. The number of rotatable bonds is 2. The fourth-order valence-electron chi connectivity index (χ4n) is 1.24. The van der Waals surface area contributed by atoms with Crippen molar-refractivity contribution in [3.05, 3.63) is 35.2 Å². The van der Waals surface area contributed by atoms with Crippen molar-refractivity contribution in [2.75, 3.05) is 5.88 Å². The maximum atomic E-state index is 9.51. The van der Waals surface area contributed by atoms with Gasteiger partial charge in [-0.2, -0.15) is 0 Å². The van der Waals surface area contributed by atoms with Crippen LogP contribution in [0.4, 0.5) is 0 Å². The van der Waals surface area contributed by atoms with Crippen molar-refractivity contribution < 1.29 is 5.11 Å². The predicted octanol–water partition coefficient (Wildman–Crippen LogP) is 3.17. The van der Waals surface area contributed by atoms with E-state index >= 15 is 0 Å². The summed E-state index contributed by atoms with van der Waals surface area (Å²) in [6.45, 7) is 0. The number of halogens is 1. The Morgan fingerprint density at radius 2 is 2.15 bits per heavy atom. The zero-order valence-electron chi connectivity index (χ0n) is 6.90. The van der Waals surface area contributed by atoms with Gasteiger partial charge >= 0.3 is 0 Å². The highest BCUT2D eigenvalue weighted by atomic mass is 35.5. The molecule has 0 aliphatic heterocycles. The van der Waals surface area contributed by atoms with E-state index in [1.807, 2.05) is 30.3 Å². The van der Waals surface area contributed by atoms with E-state index in [0.29, 0.717) is 0 Å². The van der Waals surface area contributed by atoms with Crippen molar-refractivity contribution in [3.63, 3.8) is 0 Å². The van der Waals surface area contributed by atoms with Crippen molar-refractivity contribution in [3.8, 4) is 0 Å². The number of alkyl halides is 1. The van der Waals surface area contributed by atoms with Gasteiger partial charge in [0.05, 0.1) is 5.88 Å². The van der Waals surface area contributed by atoms with Crippen molar-refractivity contribution in [1.82, 2.24) is 0 Å². The van der Waals surface area contributed by atoms with Crippen LogP contribution in [0.15, 0.2) is 30.3 Å². The van der Waals surface area contributed by atoms with E-state index in [0.717, 1.165) is 4.88 Å². The molecule has 0 saturated carbocycles. The summed E-state index contributed by atoms with van der Waals surface area (Å²) in [5.41, 5.74) is 0. The molecular formula is C10H9ClOS. The van der Waals surface area contributed by atoms with Gasteiger partial charge in [0.15, 0.2) is 0 Å². The minimum Gasteiger partial charge on any atom is -0.386 e. The van der Waals surface area contributed by atoms with Crippen LogP contribution in [0.1, 0.15) is 11.0 Å². The van der Waals surface area contributed by atoms with Gasteiger partial charge in [-0.3, -0.25) is 0 Å². The topological polar surface area (TPSA) is 20.2 Å². The average Bonchev–Trinajstić information content (AvgIpc) is 2.59. The molecule has 0 unspecified atom stereocenters. The largest absolute Gasteiger partial charge is 0.386 e. The van der Waals surface area contributed by atoms with Crippen LogP contribution in [0.2, 0.25) is 0 Å². The molecule has 13 heavy (non-hydrogen) atoms. The SMILES string of the molecule is O[C@H](CCl)c1cc2ccccc2s1. The molecule has 2 aromatic rings. The van der Waals surface area contributed by atoms with Gasteiger partial charge in [-0.25, -0.2) is 0 Å². The number of fused-ring (bicyclic) bond motifs is 1. The van der Waals surface area contributed by atoms with Gasteiger partial charge in [-0.1, -0.05) is 18.2 Å². The van der Waals surface area contributed by atoms with Crippen LogP contribution in [-0.2, 0) is 0 Å². The van der Waals surface area contributed by atoms with E-state index in [-0.39, 0.29) is 5.88 Å². The molecule has 1 N–H and O–H groups in total. The molecule has 0 radical (unpaired) electrons. The molecule has 1 heterocycles. The molecule has 1 aromatic heterocycles. The van der Waals surface area contributed by atoms with Crippen LogP contribution < -0.4 is 0 Å². The van der Waals surface area contributed by atoms with Gasteiger partial charge < -0.3 is 5.11 Å². The van der Waals surface area contributed by atoms with E-state index in [1.165, 1.54) is 10.1 Å². The molecule has 2 rings (SSSR count). The average molecular weight is 213 g/mol. The molecule has 0 aliphatic rings. The van der Waals surface area contributed by atoms with E-state index in [9.17, 15) is 5.11 Å². The summed E-state index contributed by atoms with van der Waals surface area (Å²) in [6, 6.07) is 10.1. The van der Waals surface area contributed by atoms with E-state index in [1.54, 1.807) is 11.3 Å². The fraction of sp³-hybridized carbons (Fsp3) is 0.200. The summed E-state index contributed by atoms with van der Waals surface area (Å²) in [7, 11) is 0. The van der Waals surface area contributed by atoms with Gasteiger partial charge in [0, 0.05) is 9.58 Å². The first-order valence-electron chi connectivity index (χ1n) is 4.04. The summed E-state index contributed by atoms with van der Waals surface area (Å²) in [4.78, 5) is 0.941. The Labute approximate surface area is 85.6 Å². The van der Waals surface area contributed by atoms with Gasteiger partial charge in [0.25, 0.3) is 0 Å². The zero-order valence-corrected chi connectivity index (χ0v) is 8.48. The molecule has 0 aliphatic carbocycles. The van der Waals surface area contributed by atoms with Crippen LogP contribution >= 0.6 is 22.9 Å². The second-order valence-electron chi connectivity index (χ2n) is 2.86. The monoisotopic (exact) mass is 212 g/mol. The van der Waals surface area contributed by atoms with Crippen molar-refractivity contribution in [2.45, 2.75) is 6.10 Å². The van der Waals surface area contributed by atoms with Gasteiger partial charge in [-0.05, 0) is 17.5 Å². The van der Waals surface area contributed by atoms with Crippen LogP contribution in [0, 0.1) is 0 Å². The van der Waals surface area contributed by atoms with Crippen molar-refractivity contribution in [2.24, 2.45) is 0 Å². The first-order chi connectivity index (χ1) is 6.31. The molecular weight excluding hydrogens is 204 g/mol. The van der Waals surface area contributed by atoms with Gasteiger partial charge in [-0.15, -0.1) is 22.9 Å². The van der Waals surface area contributed by atoms with Crippen molar-refractivity contribution in [1.29, 1.82) is 0 Å². The van der Waals surface area contributed by atoms with Gasteiger partial charge in [0.1, 0.15) is 6.10 Å². The number of aliphatic hydroxyl groups is 1. The van der Waals surface area contributed by atoms with E-state index in [2.05, 4.69) is 0 Å². The zero-order chi connectivity index (χ0) is 9.26. The maximum Gasteiger partial charge on any atom is 0.102 e. The highest BCUT2D eigenvalue weighted by Gasteiger charge is 2.09. The summed E-state index contributed by atoms with van der Waals surface area (Å²) in [5.74, 6) is 0.257. The summed E-state index contributed by atoms with van der Waals surface area (Å²) >= 11 is 7.17. The number of benzene rings is 1. The fourth-order valence-corrected chi connectivity index (χ4v) is 2.55. The highest BCUT2D eigenvalue weighted by Crippen LogP contribution is 2.29. The van der Waals surface area contributed by atoms with E-state index in [4.69, 9.17) is 11.6 Å². The minimum atomic E-state index is -0.529. The molecule has 0 amide bonds. The maximum absolute atomic E-state index is 9.51. The second kappa shape index (κ2) is 3.66. The molecule has 0 saturated heterocycles. The Balaban J connectivity index is 2.49. The third-order valence-electron chi connectivity index (χ3n) is 1.92. The quantitative estimate of drug-likeness (QED) is 0.759. The van der Waals surface area contributed by atoms with Crippen LogP contribution in [-0.4, -0.2) is 11.0 Å². The third-order valence-corrected chi connectivity index (χ3v) is 3.43. The molecule has 0 fully saturated rings. The molecule has 68 valence electrons. The molecule has 3 heteroatoms. The second-order valence-corrected chi connectivity index (χ2v) is 4.28. The Morgan fingerprint density at radius 1 is 1.38 bits per heavy atom. The Morgan fingerprint density at radius 3 is 2.85 bits per heavy atom. The highest BCUT2D eigenvalue weighted by molar-refractivity contribution is 7.19. The molecule has 0 spiro atoms. The smallest absolute Gasteiger partial charge is 0.102 e. The lowest BCUT2D eigenvalue weighted by Gasteiger charge is -2.00. The van der Waals surface area contributed by atoms with Crippen LogP contribution in [0.3, 0.4) is 0 Å². The Bertz CT molecular complexity index is 377. The van der Waals surface area contributed by atoms with Crippen molar-refractivity contribution >= 4 is 33.0 Å². The summed E-state index contributed by atoms with van der Waals surface area (Å²) < 4.78 is 1.20. The lowest BCUT2D eigenvalue weighted by molar-refractivity contribution is 0.206.